The van der Waals surface area contributed by atoms with Crippen LogP contribution in [0.4, 0.5) is 0 Å². The summed E-state index contributed by atoms with van der Waals surface area (Å²) in [5.74, 6) is 0.144. The van der Waals surface area contributed by atoms with E-state index in [9.17, 15) is 9.59 Å². The van der Waals surface area contributed by atoms with Gasteiger partial charge in [0, 0.05) is 6.54 Å². The predicted octanol–water partition coefficient (Wildman–Crippen LogP) is 1.86. The third kappa shape index (κ3) is 2.61. The van der Waals surface area contributed by atoms with Crippen LogP contribution in [0.25, 0.3) is 11.7 Å². The Kier molecular flexibility index (Phi) is 3.70. The average Bonchev–Trinajstić information content (AvgIpc) is 3.18. The molecule has 1 amide bonds. The second-order valence-corrected chi connectivity index (χ2v) is 5.26. The maximum atomic E-state index is 12.3. The molecule has 22 heavy (non-hydrogen) atoms. The molecule has 1 aliphatic heterocycles. The highest BCUT2D eigenvalue weighted by molar-refractivity contribution is 5.85. The van der Waals surface area contributed by atoms with Gasteiger partial charge in [0.25, 0.3) is 5.89 Å². The minimum absolute atomic E-state index is 0.0276. The van der Waals surface area contributed by atoms with E-state index < -0.39 is 12.0 Å². The number of carboxylic acid groups (broad SMARTS) is 1. The number of oxazole rings is 1. The standard InChI is InChI=1S/C15H16N2O5/c1-9-10(16-14(22-9)12-5-3-7-21-12)8-13(18)17-6-2-4-11(17)15(19)20/h3,5,7,11H,2,4,6,8H2,1H3,(H,19,20)/t11-/m0/s1. The van der Waals surface area contributed by atoms with Gasteiger partial charge in [-0.15, -0.1) is 0 Å². The monoisotopic (exact) mass is 304 g/mol. The van der Waals surface area contributed by atoms with Gasteiger partial charge in [0.2, 0.25) is 5.91 Å². The SMILES string of the molecule is Cc1oc(-c2ccco2)nc1CC(=O)N1CCC[C@H]1C(=O)O. The van der Waals surface area contributed by atoms with Crippen molar-refractivity contribution in [3.05, 3.63) is 29.9 Å². The van der Waals surface area contributed by atoms with Gasteiger partial charge in [0.15, 0.2) is 5.76 Å². The van der Waals surface area contributed by atoms with Crippen LogP contribution in [0.15, 0.2) is 27.2 Å². The van der Waals surface area contributed by atoms with Gasteiger partial charge < -0.3 is 18.8 Å². The van der Waals surface area contributed by atoms with Crippen LogP contribution in [0, 0.1) is 6.92 Å². The van der Waals surface area contributed by atoms with Crippen molar-refractivity contribution in [2.75, 3.05) is 6.54 Å². The molecule has 2 aromatic rings. The molecule has 3 heterocycles. The molecule has 116 valence electrons. The van der Waals surface area contributed by atoms with E-state index in [2.05, 4.69) is 4.98 Å². The largest absolute Gasteiger partial charge is 0.480 e. The minimum atomic E-state index is -0.959. The van der Waals surface area contributed by atoms with Crippen LogP contribution in [0.2, 0.25) is 0 Å². The van der Waals surface area contributed by atoms with Crippen molar-refractivity contribution >= 4 is 11.9 Å². The lowest BCUT2D eigenvalue weighted by Crippen LogP contribution is -2.41. The van der Waals surface area contributed by atoms with E-state index in [0.29, 0.717) is 42.5 Å². The van der Waals surface area contributed by atoms with Gasteiger partial charge in [-0.05, 0) is 31.9 Å². The van der Waals surface area contributed by atoms with Crippen LogP contribution in [0.3, 0.4) is 0 Å². The number of hydrogen-bond donors (Lipinski definition) is 1. The Hall–Kier alpha value is -2.57. The van der Waals surface area contributed by atoms with Crippen molar-refractivity contribution in [3.8, 4) is 11.7 Å². The maximum Gasteiger partial charge on any atom is 0.326 e. The fourth-order valence-electron chi connectivity index (χ4n) is 2.66. The number of carboxylic acids is 1. The molecule has 1 N–H and O–H groups in total. The predicted molar refractivity (Wildman–Crippen MR) is 75.0 cm³/mol. The second-order valence-electron chi connectivity index (χ2n) is 5.26. The van der Waals surface area contributed by atoms with Crippen LogP contribution < -0.4 is 0 Å². The zero-order chi connectivity index (χ0) is 15.7. The lowest BCUT2D eigenvalue weighted by molar-refractivity contribution is -0.148. The van der Waals surface area contributed by atoms with Gasteiger partial charge >= 0.3 is 5.97 Å². The van der Waals surface area contributed by atoms with E-state index in [1.807, 2.05) is 0 Å². The van der Waals surface area contributed by atoms with Crippen molar-refractivity contribution in [1.29, 1.82) is 0 Å². The third-order valence-electron chi connectivity index (χ3n) is 3.80. The van der Waals surface area contributed by atoms with Crippen molar-refractivity contribution in [2.24, 2.45) is 0 Å². The molecule has 2 aromatic heterocycles. The van der Waals surface area contributed by atoms with E-state index in [1.165, 1.54) is 11.2 Å². The third-order valence-corrected chi connectivity index (χ3v) is 3.80. The number of rotatable bonds is 4. The second kappa shape index (κ2) is 5.67. The van der Waals surface area contributed by atoms with Crippen molar-refractivity contribution < 1.29 is 23.5 Å². The first kappa shape index (κ1) is 14.4. The van der Waals surface area contributed by atoms with Crippen molar-refractivity contribution in [3.63, 3.8) is 0 Å². The lowest BCUT2D eigenvalue weighted by Gasteiger charge is -2.20. The topological polar surface area (TPSA) is 96.8 Å². The van der Waals surface area contributed by atoms with Gasteiger partial charge in [-0.3, -0.25) is 4.79 Å². The Bertz CT molecular complexity index is 689. The number of hydrogen-bond acceptors (Lipinski definition) is 5. The van der Waals surface area contributed by atoms with Gasteiger partial charge in [0.05, 0.1) is 18.4 Å². The molecular formula is C15H16N2O5. The molecule has 1 aliphatic rings. The first-order valence-electron chi connectivity index (χ1n) is 7.08. The van der Waals surface area contributed by atoms with E-state index in [0.717, 1.165) is 0 Å². The Morgan fingerprint density at radius 1 is 1.50 bits per heavy atom. The highest BCUT2D eigenvalue weighted by Gasteiger charge is 2.34. The fourth-order valence-corrected chi connectivity index (χ4v) is 2.66. The van der Waals surface area contributed by atoms with Crippen LogP contribution >= 0.6 is 0 Å². The molecule has 0 bridgehead atoms. The fraction of sp³-hybridized carbons (Fsp3) is 0.400. The van der Waals surface area contributed by atoms with E-state index in [4.69, 9.17) is 13.9 Å². The quantitative estimate of drug-likeness (QED) is 0.926. The molecule has 0 radical (unpaired) electrons. The molecule has 7 nitrogen and oxygen atoms in total. The summed E-state index contributed by atoms with van der Waals surface area (Å²) in [6.45, 7) is 2.19. The number of carbonyl (C=O) groups excluding carboxylic acids is 1. The summed E-state index contributed by atoms with van der Waals surface area (Å²) in [5, 5.41) is 9.14. The summed E-state index contributed by atoms with van der Waals surface area (Å²) in [5.41, 5.74) is 0.507. The molecule has 7 heteroatoms. The van der Waals surface area contributed by atoms with Crippen LogP contribution in [0.5, 0.6) is 0 Å². The van der Waals surface area contributed by atoms with Gasteiger partial charge in [-0.25, -0.2) is 9.78 Å². The molecule has 1 fully saturated rings. The van der Waals surface area contributed by atoms with Gasteiger partial charge in [-0.2, -0.15) is 0 Å². The summed E-state index contributed by atoms with van der Waals surface area (Å²) in [4.78, 5) is 29.2. The van der Waals surface area contributed by atoms with Crippen molar-refractivity contribution in [2.45, 2.75) is 32.2 Å². The Morgan fingerprint density at radius 3 is 3.00 bits per heavy atom. The zero-order valence-electron chi connectivity index (χ0n) is 12.1. The van der Waals surface area contributed by atoms with Crippen LogP contribution in [-0.2, 0) is 16.0 Å². The molecule has 0 unspecified atom stereocenters. The molecule has 0 aliphatic carbocycles. The molecule has 1 atom stereocenters. The smallest absolute Gasteiger partial charge is 0.326 e. The molecule has 0 saturated carbocycles. The first-order chi connectivity index (χ1) is 10.6. The number of furan rings is 1. The number of amides is 1. The van der Waals surface area contributed by atoms with Crippen LogP contribution in [0.1, 0.15) is 24.3 Å². The zero-order valence-corrected chi connectivity index (χ0v) is 12.1. The highest BCUT2D eigenvalue weighted by Crippen LogP contribution is 2.24. The Balaban J connectivity index is 1.76. The van der Waals surface area contributed by atoms with E-state index in [1.54, 1.807) is 19.1 Å². The molecule has 1 saturated heterocycles. The summed E-state index contributed by atoms with van der Waals surface area (Å²) in [6, 6.07) is 2.71. The summed E-state index contributed by atoms with van der Waals surface area (Å²) >= 11 is 0. The number of aliphatic carboxylic acids is 1. The molecule has 0 aromatic carbocycles. The number of aryl methyl sites for hydroxylation is 1. The number of likely N-dealkylation sites (tertiary alicyclic amines) is 1. The Morgan fingerprint density at radius 2 is 2.32 bits per heavy atom. The molecule has 0 spiro atoms. The van der Waals surface area contributed by atoms with Crippen LogP contribution in [-0.4, -0.2) is 39.5 Å². The summed E-state index contributed by atoms with van der Waals surface area (Å²) in [6.07, 6.45) is 2.75. The van der Waals surface area contributed by atoms with Gasteiger partial charge in [0.1, 0.15) is 11.8 Å². The minimum Gasteiger partial charge on any atom is -0.480 e. The van der Waals surface area contributed by atoms with Crippen molar-refractivity contribution in [1.82, 2.24) is 9.88 Å². The highest BCUT2D eigenvalue weighted by atomic mass is 16.4. The van der Waals surface area contributed by atoms with E-state index in [-0.39, 0.29) is 12.3 Å². The summed E-state index contributed by atoms with van der Waals surface area (Å²) < 4.78 is 10.7. The maximum absolute atomic E-state index is 12.3. The normalized spacial score (nSPS) is 17.9. The number of nitrogens with zero attached hydrogens (tertiary/aromatic N) is 2. The summed E-state index contributed by atoms with van der Waals surface area (Å²) in [7, 11) is 0. The lowest BCUT2D eigenvalue weighted by atomic mass is 10.2. The Labute approximate surface area is 126 Å². The van der Waals surface area contributed by atoms with Gasteiger partial charge in [-0.1, -0.05) is 0 Å². The van der Waals surface area contributed by atoms with E-state index >= 15 is 0 Å². The number of aromatic nitrogens is 1. The molecular weight excluding hydrogens is 288 g/mol. The first-order valence-corrected chi connectivity index (χ1v) is 7.08. The average molecular weight is 304 g/mol. The molecule has 3 rings (SSSR count). The number of carbonyl (C=O) groups is 2.